The van der Waals surface area contributed by atoms with Crippen LogP contribution in [0.3, 0.4) is 0 Å². The summed E-state index contributed by atoms with van der Waals surface area (Å²) in [5.74, 6) is 1.06. The van der Waals surface area contributed by atoms with Crippen LogP contribution in [0.4, 0.5) is 0 Å². The zero-order chi connectivity index (χ0) is 13.9. The minimum Gasteiger partial charge on any atom is -0.340 e. The molecular formula is C15H29N3O. The highest BCUT2D eigenvalue weighted by Gasteiger charge is 2.33. The summed E-state index contributed by atoms with van der Waals surface area (Å²) in [7, 11) is 2.15. The molecule has 2 saturated heterocycles. The first-order chi connectivity index (χ1) is 8.99. The van der Waals surface area contributed by atoms with E-state index in [1.165, 1.54) is 12.8 Å². The molecule has 0 radical (unpaired) electrons. The van der Waals surface area contributed by atoms with Gasteiger partial charge >= 0.3 is 0 Å². The van der Waals surface area contributed by atoms with Gasteiger partial charge in [0.2, 0.25) is 5.91 Å². The molecule has 2 aliphatic heterocycles. The molecule has 2 aliphatic rings. The zero-order valence-electron chi connectivity index (χ0n) is 12.7. The Balaban J connectivity index is 1.76. The fraction of sp³-hybridized carbons (Fsp3) is 0.933. The molecule has 19 heavy (non-hydrogen) atoms. The number of rotatable bonds is 3. The molecule has 2 heterocycles. The van der Waals surface area contributed by atoms with Gasteiger partial charge in [-0.2, -0.15) is 0 Å². The molecule has 1 amide bonds. The summed E-state index contributed by atoms with van der Waals surface area (Å²) in [4.78, 5) is 16.7. The molecule has 110 valence electrons. The van der Waals surface area contributed by atoms with Crippen molar-refractivity contribution >= 4 is 5.91 Å². The maximum atomic E-state index is 12.3. The van der Waals surface area contributed by atoms with Gasteiger partial charge in [0, 0.05) is 31.6 Å². The molecule has 0 aromatic heterocycles. The monoisotopic (exact) mass is 267 g/mol. The second kappa shape index (κ2) is 6.23. The van der Waals surface area contributed by atoms with E-state index in [0.717, 1.165) is 45.6 Å². The normalized spacial score (nSPS) is 28.4. The van der Waals surface area contributed by atoms with E-state index in [1.807, 2.05) is 0 Å². The summed E-state index contributed by atoms with van der Waals surface area (Å²) in [6, 6.07) is 0. The number of likely N-dealkylation sites (N-methyl/N-ethyl adjacent to an activating group) is 1. The van der Waals surface area contributed by atoms with E-state index in [4.69, 9.17) is 0 Å². The van der Waals surface area contributed by atoms with Crippen molar-refractivity contribution in [2.75, 3.05) is 39.8 Å². The van der Waals surface area contributed by atoms with Gasteiger partial charge in [-0.25, -0.2) is 0 Å². The topological polar surface area (TPSA) is 35.6 Å². The van der Waals surface area contributed by atoms with Gasteiger partial charge < -0.3 is 10.2 Å². The Morgan fingerprint density at radius 3 is 2.79 bits per heavy atom. The van der Waals surface area contributed by atoms with Crippen molar-refractivity contribution in [3.05, 3.63) is 0 Å². The Kier molecular flexibility index (Phi) is 4.85. The van der Waals surface area contributed by atoms with E-state index in [0.29, 0.717) is 11.8 Å². The molecular weight excluding hydrogens is 238 g/mol. The highest BCUT2D eigenvalue weighted by molar-refractivity contribution is 5.76. The number of nitrogens with one attached hydrogen (secondary N) is 1. The molecule has 0 aromatic rings. The van der Waals surface area contributed by atoms with Crippen molar-refractivity contribution in [3.8, 4) is 0 Å². The van der Waals surface area contributed by atoms with Crippen LogP contribution in [0.25, 0.3) is 0 Å². The zero-order valence-corrected chi connectivity index (χ0v) is 12.7. The maximum Gasteiger partial charge on any atom is 0.222 e. The average Bonchev–Trinajstić information content (AvgIpc) is 2.40. The molecule has 4 heteroatoms. The van der Waals surface area contributed by atoms with Crippen LogP contribution in [-0.4, -0.2) is 61.0 Å². The SMILES string of the molecule is CN1CCN(C(=O)CCC2CCCNC2)CC1(C)C. The Morgan fingerprint density at radius 1 is 1.37 bits per heavy atom. The number of hydrogen-bond acceptors (Lipinski definition) is 3. The third-order valence-electron chi connectivity index (χ3n) is 4.83. The van der Waals surface area contributed by atoms with E-state index in [9.17, 15) is 4.79 Å². The van der Waals surface area contributed by atoms with Gasteiger partial charge in [0.25, 0.3) is 0 Å². The highest BCUT2D eigenvalue weighted by Crippen LogP contribution is 2.21. The summed E-state index contributed by atoms with van der Waals surface area (Å²) in [5.41, 5.74) is 0.111. The van der Waals surface area contributed by atoms with Crippen molar-refractivity contribution in [1.82, 2.24) is 15.1 Å². The van der Waals surface area contributed by atoms with E-state index >= 15 is 0 Å². The Hall–Kier alpha value is -0.610. The first-order valence-corrected chi connectivity index (χ1v) is 7.69. The van der Waals surface area contributed by atoms with Crippen LogP contribution >= 0.6 is 0 Å². The number of amides is 1. The quantitative estimate of drug-likeness (QED) is 0.838. The van der Waals surface area contributed by atoms with Gasteiger partial charge in [-0.3, -0.25) is 9.69 Å². The lowest BCUT2D eigenvalue weighted by Crippen LogP contribution is -2.58. The van der Waals surface area contributed by atoms with Gasteiger partial charge in [-0.1, -0.05) is 0 Å². The third kappa shape index (κ3) is 3.93. The molecule has 1 atom stereocenters. The second-order valence-electron chi connectivity index (χ2n) is 6.80. The van der Waals surface area contributed by atoms with Crippen LogP contribution in [0.1, 0.15) is 39.5 Å². The number of carbonyl (C=O) groups excluding carboxylic acids is 1. The van der Waals surface area contributed by atoms with Crippen molar-refractivity contribution in [3.63, 3.8) is 0 Å². The van der Waals surface area contributed by atoms with Gasteiger partial charge in [0.1, 0.15) is 0 Å². The molecule has 0 aromatic carbocycles. The largest absolute Gasteiger partial charge is 0.340 e. The van der Waals surface area contributed by atoms with E-state index < -0.39 is 0 Å². The van der Waals surface area contributed by atoms with E-state index in [-0.39, 0.29) is 5.54 Å². The molecule has 0 aliphatic carbocycles. The highest BCUT2D eigenvalue weighted by atomic mass is 16.2. The number of piperazine rings is 1. The van der Waals surface area contributed by atoms with Crippen LogP contribution in [-0.2, 0) is 4.79 Å². The Bertz CT molecular complexity index is 311. The third-order valence-corrected chi connectivity index (χ3v) is 4.83. The molecule has 2 fully saturated rings. The first kappa shape index (κ1) is 14.8. The number of hydrogen-bond donors (Lipinski definition) is 1. The number of nitrogens with zero attached hydrogens (tertiary/aromatic N) is 2. The Morgan fingerprint density at radius 2 is 2.16 bits per heavy atom. The fourth-order valence-electron chi connectivity index (χ4n) is 3.11. The molecule has 2 rings (SSSR count). The molecule has 1 N–H and O–H groups in total. The smallest absolute Gasteiger partial charge is 0.222 e. The van der Waals surface area contributed by atoms with Gasteiger partial charge in [0.15, 0.2) is 0 Å². The lowest BCUT2D eigenvalue weighted by atomic mass is 9.94. The fourth-order valence-corrected chi connectivity index (χ4v) is 3.11. The average molecular weight is 267 g/mol. The maximum absolute atomic E-state index is 12.3. The van der Waals surface area contributed by atoms with Crippen LogP contribution < -0.4 is 5.32 Å². The minimum absolute atomic E-state index is 0.111. The number of carbonyl (C=O) groups is 1. The lowest BCUT2D eigenvalue weighted by Gasteiger charge is -2.45. The van der Waals surface area contributed by atoms with E-state index in [2.05, 4.69) is 36.0 Å². The van der Waals surface area contributed by atoms with Crippen LogP contribution in [0, 0.1) is 5.92 Å². The minimum atomic E-state index is 0.111. The molecule has 0 bridgehead atoms. The van der Waals surface area contributed by atoms with Gasteiger partial charge in [-0.15, -0.1) is 0 Å². The van der Waals surface area contributed by atoms with Crippen LogP contribution in [0.2, 0.25) is 0 Å². The Labute approximate surface area is 117 Å². The van der Waals surface area contributed by atoms with Crippen molar-refractivity contribution in [1.29, 1.82) is 0 Å². The summed E-state index contributed by atoms with van der Waals surface area (Å²) >= 11 is 0. The second-order valence-corrected chi connectivity index (χ2v) is 6.80. The molecule has 0 saturated carbocycles. The predicted octanol–water partition coefficient (Wildman–Crippen LogP) is 1.32. The molecule has 1 unspecified atom stereocenters. The van der Waals surface area contributed by atoms with Gasteiger partial charge in [-0.05, 0) is 59.2 Å². The van der Waals surface area contributed by atoms with Crippen molar-refractivity contribution in [2.24, 2.45) is 5.92 Å². The summed E-state index contributed by atoms with van der Waals surface area (Å²) in [5, 5.41) is 3.43. The standard InChI is InChI=1S/C15H29N3O/c1-15(2)12-18(10-9-17(15)3)14(19)7-6-13-5-4-8-16-11-13/h13,16H,4-12H2,1-3H3. The van der Waals surface area contributed by atoms with E-state index in [1.54, 1.807) is 0 Å². The molecule has 4 nitrogen and oxygen atoms in total. The summed E-state index contributed by atoms with van der Waals surface area (Å²) in [6.07, 6.45) is 4.33. The van der Waals surface area contributed by atoms with Crippen molar-refractivity contribution in [2.45, 2.75) is 45.1 Å². The first-order valence-electron chi connectivity index (χ1n) is 7.69. The predicted molar refractivity (Wildman–Crippen MR) is 78.1 cm³/mol. The molecule has 0 spiro atoms. The van der Waals surface area contributed by atoms with Crippen LogP contribution in [0.15, 0.2) is 0 Å². The van der Waals surface area contributed by atoms with Crippen LogP contribution in [0.5, 0.6) is 0 Å². The van der Waals surface area contributed by atoms with Gasteiger partial charge in [0.05, 0.1) is 0 Å². The summed E-state index contributed by atoms with van der Waals surface area (Å²) in [6.45, 7) is 9.43. The number of piperidine rings is 1. The summed E-state index contributed by atoms with van der Waals surface area (Å²) < 4.78 is 0. The van der Waals surface area contributed by atoms with Crippen molar-refractivity contribution < 1.29 is 4.79 Å². The lowest BCUT2D eigenvalue weighted by molar-refractivity contribution is -0.136.